The highest BCUT2D eigenvalue weighted by Crippen LogP contribution is 2.41. The normalized spacial score (nSPS) is 19.3. The Balaban J connectivity index is 2.15. The first-order valence-electron chi connectivity index (χ1n) is 11.7. The maximum absolute atomic E-state index is 11.9. The van der Waals surface area contributed by atoms with Gasteiger partial charge in [-0.1, -0.05) is 125 Å². The lowest BCUT2D eigenvalue weighted by Crippen LogP contribution is -2.33. The Morgan fingerprint density at radius 2 is 1.03 bits per heavy atom. The zero-order valence-corrected chi connectivity index (χ0v) is 21.3. The molecule has 3 rings (SSSR count). The van der Waals surface area contributed by atoms with Crippen molar-refractivity contribution >= 4 is 0 Å². The van der Waals surface area contributed by atoms with Crippen LogP contribution in [-0.2, 0) is 5.60 Å². The summed E-state index contributed by atoms with van der Waals surface area (Å²) in [7, 11) is 0. The minimum atomic E-state index is -1.43. The molecule has 0 aromatic heterocycles. The second-order valence-electron chi connectivity index (χ2n) is 11.4. The third-order valence-electron chi connectivity index (χ3n) is 6.40. The molecule has 0 atom stereocenters. The van der Waals surface area contributed by atoms with Crippen LogP contribution in [-0.4, -0.2) is 16.3 Å². The average Bonchev–Trinajstić information content (AvgIpc) is 2.72. The lowest BCUT2D eigenvalue weighted by atomic mass is 9.70. The molecule has 0 unspecified atom stereocenters. The van der Waals surface area contributed by atoms with Gasteiger partial charge < -0.3 is 10.2 Å². The predicted octanol–water partition coefficient (Wildman–Crippen LogP) is 6.48. The Hall–Kier alpha value is -2.60. The molecule has 0 amide bonds. The van der Waals surface area contributed by atoms with Gasteiger partial charge in [-0.2, -0.15) is 0 Å². The number of allylic oxidation sites excluding steroid dienone is 2. The Morgan fingerprint density at radius 3 is 1.36 bits per heavy atom. The minimum Gasteiger partial charge on any atom is -0.384 e. The van der Waals surface area contributed by atoms with Crippen LogP contribution in [0.5, 0.6) is 0 Å². The van der Waals surface area contributed by atoms with Gasteiger partial charge in [0.2, 0.25) is 0 Å². The van der Waals surface area contributed by atoms with Crippen molar-refractivity contribution in [2.24, 2.45) is 16.7 Å². The summed E-state index contributed by atoms with van der Waals surface area (Å²) in [5.74, 6) is 6.39. The fourth-order valence-electron chi connectivity index (χ4n) is 4.28. The number of aryl methyl sites for hydroxylation is 2. The first kappa shape index (κ1) is 25.0. The van der Waals surface area contributed by atoms with E-state index in [1.54, 1.807) is 0 Å². The summed E-state index contributed by atoms with van der Waals surface area (Å²) in [5.41, 5.74) is 3.92. The van der Waals surface area contributed by atoms with Crippen molar-refractivity contribution < 1.29 is 10.2 Å². The number of benzene rings is 2. The molecular formula is C31H38O2. The molecule has 1 aliphatic rings. The van der Waals surface area contributed by atoms with Gasteiger partial charge in [-0.25, -0.2) is 0 Å². The van der Waals surface area contributed by atoms with E-state index in [0.29, 0.717) is 0 Å². The summed E-state index contributed by atoms with van der Waals surface area (Å²) in [4.78, 5) is 0. The monoisotopic (exact) mass is 442 g/mol. The molecule has 174 valence electrons. The van der Waals surface area contributed by atoms with Crippen molar-refractivity contribution in [3.63, 3.8) is 0 Å². The van der Waals surface area contributed by atoms with Gasteiger partial charge >= 0.3 is 0 Å². The van der Waals surface area contributed by atoms with Gasteiger partial charge in [0, 0.05) is 11.1 Å². The van der Waals surface area contributed by atoms with Crippen LogP contribution in [0.25, 0.3) is 0 Å². The first-order chi connectivity index (χ1) is 15.2. The molecule has 0 radical (unpaired) electrons. The number of rotatable bonds is 2. The van der Waals surface area contributed by atoms with E-state index in [-0.39, 0.29) is 16.7 Å². The molecule has 2 heteroatoms. The van der Waals surface area contributed by atoms with Crippen LogP contribution in [0.2, 0.25) is 0 Å². The Kier molecular flexibility index (Phi) is 6.81. The fourth-order valence-corrected chi connectivity index (χ4v) is 4.28. The summed E-state index contributed by atoms with van der Waals surface area (Å²) >= 11 is 0. The summed E-state index contributed by atoms with van der Waals surface area (Å²) < 4.78 is 0. The van der Waals surface area contributed by atoms with Crippen LogP contribution >= 0.6 is 0 Å². The molecule has 2 nitrogen and oxygen atoms in total. The highest BCUT2D eigenvalue weighted by molar-refractivity contribution is 5.48. The van der Waals surface area contributed by atoms with E-state index < -0.39 is 11.7 Å². The van der Waals surface area contributed by atoms with E-state index in [9.17, 15) is 10.2 Å². The third-order valence-corrected chi connectivity index (χ3v) is 6.40. The highest BCUT2D eigenvalue weighted by atomic mass is 16.3. The molecule has 1 aliphatic carbocycles. The summed E-state index contributed by atoms with van der Waals surface area (Å²) in [6, 6.07) is 15.8. The van der Waals surface area contributed by atoms with Crippen LogP contribution in [0.4, 0.5) is 0 Å². The van der Waals surface area contributed by atoms with Crippen LogP contribution in [0.1, 0.15) is 63.8 Å². The molecule has 2 aromatic carbocycles. The summed E-state index contributed by atoms with van der Waals surface area (Å²) in [6.07, 6.45) is 3.52. The quantitative estimate of drug-likeness (QED) is 0.413. The number of hydrogen-bond donors (Lipinski definition) is 2. The Labute approximate surface area is 200 Å². The Morgan fingerprint density at radius 1 is 0.667 bits per heavy atom. The van der Waals surface area contributed by atoms with Crippen LogP contribution in [0.3, 0.4) is 0 Å². The molecule has 0 aliphatic heterocycles. The van der Waals surface area contributed by atoms with E-state index in [1.807, 2.05) is 62.4 Å². The van der Waals surface area contributed by atoms with Crippen molar-refractivity contribution in [3.05, 3.63) is 94.1 Å². The predicted molar refractivity (Wildman–Crippen MR) is 138 cm³/mol. The van der Waals surface area contributed by atoms with Gasteiger partial charge in [0.1, 0.15) is 0 Å². The molecule has 0 fully saturated rings. The SMILES string of the molecule is Cc1ccc(C(O)(C#CC2C=C(C(C)(C)C)C(O)C(C(C)(C)C)=C2)c2ccc(C)cc2)cc1. The van der Waals surface area contributed by atoms with Gasteiger partial charge in [0.05, 0.1) is 12.0 Å². The second-order valence-corrected chi connectivity index (χ2v) is 11.4. The smallest absolute Gasteiger partial charge is 0.176 e. The van der Waals surface area contributed by atoms with E-state index >= 15 is 0 Å². The van der Waals surface area contributed by atoms with E-state index in [4.69, 9.17) is 0 Å². The topological polar surface area (TPSA) is 40.5 Å². The van der Waals surface area contributed by atoms with Gasteiger partial charge in [-0.3, -0.25) is 0 Å². The minimum absolute atomic E-state index is 0.186. The van der Waals surface area contributed by atoms with E-state index in [2.05, 4.69) is 65.5 Å². The molecule has 0 spiro atoms. The maximum Gasteiger partial charge on any atom is 0.176 e. The first-order valence-corrected chi connectivity index (χ1v) is 11.7. The number of aliphatic hydroxyl groups is 2. The lowest BCUT2D eigenvalue weighted by Gasteiger charge is -2.37. The van der Waals surface area contributed by atoms with E-state index in [1.165, 1.54) is 0 Å². The Bertz CT molecular complexity index is 1030. The third kappa shape index (κ3) is 5.49. The van der Waals surface area contributed by atoms with Gasteiger partial charge in [0.25, 0.3) is 0 Å². The summed E-state index contributed by atoms with van der Waals surface area (Å²) in [6.45, 7) is 16.8. The molecule has 0 bridgehead atoms. The number of hydrogen-bond acceptors (Lipinski definition) is 2. The average molecular weight is 443 g/mol. The maximum atomic E-state index is 11.9. The van der Waals surface area contributed by atoms with Crippen molar-refractivity contribution in [2.45, 2.75) is 67.1 Å². The largest absolute Gasteiger partial charge is 0.384 e. The second kappa shape index (κ2) is 8.98. The van der Waals surface area contributed by atoms with Gasteiger partial charge in [-0.05, 0) is 35.8 Å². The molecule has 0 saturated heterocycles. The zero-order chi connectivity index (χ0) is 24.6. The lowest BCUT2D eigenvalue weighted by molar-refractivity contribution is 0.145. The van der Waals surface area contributed by atoms with Crippen LogP contribution < -0.4 is 0 Å². The molecule has 0 saturated carbocycles. The molecule has 2 N–H and O–H groups in total. The molecule has 33 heavy (non-hydrogen) atoms. The molecule has 2 aromatic rings. The van der Waals surface area contributed by atoms with Crippen LogP contribution in [0, 0.1) is 42.4 Å². The number of aliphatic hydroxyl groups excluding tert-OH is 1. The van der Waals surface area contributed by atoms with E-state index in [0.717, 1.165) is 33.4 Å². The van der Waals surface area contributed by atoms with Crippen molar-refractivity contribution in [2.75, 3.05) is 0 Å². The fraction of sp³-hybridized carbons (Fsp3) is 0.419. The van der Waals surface area contributed by atoms with Crippen molar-refractivity contribution in [3.8, 4) is 11.8 Å². The molecule has 0 heterocycles. The zero-order valence-electron chi connectivity index (χ0n) is 21.3. The highest BCUT2D eigenvalue weighted by Gasteiger charge is 2.35. The van der Waals surface area contributed by atoms with Crippen molar-refractivity contribution in [1.82, 2.24) is 0 Å². The molecular weight excluding hydrogens is 404 g/mol. The van der Waals surface area contributed by atoms with Gasteiger partial charge in [-0.15, -0.1) is 0 Å². The van der Waals surface area contributed by atoms with Crippen LogP contribution in [0.15, 0.2) is 71.8 Å². The summed E-state index contributed by atoms with van der Waals surface area (Å²) in [5, 5.41) is 23.0. The van der Waals surface area contributed by atoms with Gasteiger partial charge in [0.15, 0.2) is 5.60 Å². The van der Waals surface area contributed by atoms with Crippen molar-refractivity contribution in [1.29, 1.82) is 0 Å². The standard InChI is InChI=1S/C31H38O2/c1-21-9-13-24(14-10-21)31(33,25-15-11-22(2)12-16-25)18-17-23-19-26(29(3,4)5)28(32)27(20-23)30(6,7)8/h9-16,19-20,23,28,32-33H,1-8H3.